The molecule has 36 heavy (non-hydrogen) atoms. The van der Waals surface area contributed by atoms with Crippen LogP contribution < -0.4 is 14.5 Å². The summed E-state index contributed by atoms with van der Waals surface area (Å²) in [5.74, 6) is -0.970. The maximum atomic E-state index is 13.4. The number of aliphatic hydroxyl groups excluding tert-OH is 1. The number of rotatable bonds is 5. The number of ketones is 1. The van der Waals surface area contributed by atoms with E-state index in [4.69, 9.17) is 4.74 Å². The molecule has 0 bridgehead atoms. The predicted octanol–water partition coefficient (Wildman–Crippen LogP) is 5.03. The van der Waals surface area contributed by atoms with Gasteiger partial charge in [0.2, 0.25) is 5.95 Å². The number of aromatic nitrogens is 2. The number of hydrogen-bond donors (Lipinski definition) is 2. The number of aliphatic hydroxyl groups is 1. The number of carbonyl (C=O) groups is 2. The van der Waals surface area contributed by atoms with Crippen LogP contribution in [-0.4, -0.2) is 48.0 Å². The number of H-pyrrole nitrogens is 1. The fourth-order valence-electron chi connectivity index (χ4n) is 4.30. The molecule has 0 radical (unpaired) electrons. The van der Waals surface area contributed by atoms with Crippen molar-refractivity contribution in [3.05, 3.63) is 87.9 Å². The second-order valence-corrected chi connectivity index (χ2v) is 9.52. The van der Waals surface area contributed by atoms with Gasteiger partial charge in [-0.3, -0.25) is 14.5 Å². The number of nitrogens with one attached hydrogen (secondary N) is 1. The highest BCUT2D eigenvalue weighted by Gasteiger charge is 2.48. The van der Waals surface area contributed by atoms with Crippen LogP contribution in [0.2, 0.25) is 0 Å². The summed E-state index contributed by atoms with van der Waals surface area (Å²) >= 11 is 3.38. The van der Waals surface area contributed by atoms with Gasteiger partial charge in [-0.2, -0.15) is 0 Å². The van der Waals surface area contributed by atoms with Crippen molar-refractivity contribution in [3.8, 4) is 5.75 Å². The summed E-state index contributed by atoms with van der Waals surface area (Å²) in [5, 5.41) is 11.3. The third kappa shape index (κ3) is 4.01. The Morgan fingerprint density at radius 2 is 1.75 bits per heavy atom. The Kier molecular flexibility index (Phi) is 6.01. The highest BCUT2D eigenvalue weighted by molar-refractivity contribution is 9.10. The first-order chi connectivity index (χ1) is 17.3. The molecule has 8 nitrogen and oxygen atoms in total. The van der Waals surface area contributed by atoms with E-state index in [9.17, 15) is 14.7 Å². The lowest BCUT2D eigenvalue weighted by Gasteiger charge is -2.23. The number of ether oxygens (including phenoxy) is 1. The minimum Gasteiger partial charge on any atom is -0.507 e. The molecule has 182 valence electrons. The minimum absolute atomic E-state index is 0.00189. The molecule has 1 aliphatic rings. The standard InChI is InChI=1S/C27H23BrN4O4/c1-31(2)18-10-6-15(7-11-18)23-22(24(33)16-4-8-17(28)9-5-16)25(34)26(35)32(23)27-29-20-13-12-19(36-3)14-21(20)30-27/h4-14,23,33H,1-3H3,(H,29,30)/b24-22+. The molecular weight excluding hydrogens is 524 g/mol. The first-order valence-electron chi connectivity index (χ1n) is 11.2. The Labute approximate surface area is 215 Å². The van der Waals surface area contributed by atoms with E-state index in [0.29, 0.717) is 27.9 Å². The van der Waals surface area contributed by atoms with Gasteiger partial charge in [-0.15, -0.1) is 0 Å². The van der Waals surface area contributed by atoms with Crippen LogP contribution in [0.1, 0.15) is 17.2 Å². The van der Waals surface area contributed by atoms with E-state index in [1.807, 2.05) is 43.3 Å². The number of anilines is 2. The number of methoxy groups -OCH3 is 1. The van der Waals surface area contributed by atoms with Gasteiger partial charge in [0.25, 0.3) is 5.78 Å². The summed E-state index contributed by atoms with van der Waals surface area (Å²) in [7, 11) is 5.42. The van der Waals surface area contributed by atoms with Crippen molar-refractivity contribution in [3.63, 3.8) is 0 Å². The van der Waals surface area contributed by atoms with Crippen LogP contribution in [-0.2, 0) is 9.59 Å². The third-order valence-electron chi connectivity index (χ3n) is 6.19. The maximum Gasteiger partial charge on any atom is 0.302 e. The number of amides is 1. The molecule has 1 aliphatic heterocycles. The van der Waals surface area contributed by atoms with Crippen molar-refractivity contribution in [2.24, 2.45) is 0 Å². The molecule has 9 heteroatoms. The second-order valence-electron chi connectivity index (χ2n) is 8.61. The van der Waals surface area contributed by atoms with Gasteiger partial charge in [-0.05, 0) is 42.0 Å². The normalized spacial score (nSPS) is 17.1. The molecule has 2 N–H and O–H groups in total. The topological polar surface area (TPSA) is 98.8 Å². The van der Waals surface area contributed by atoms with Gasteiger partial charge in [0, 0.05) is 35.9 Å². The van der Waals surface area contributed by atoms with E-state index < -0.39 is 17.7 Å². The van der Waals surface area contributed by atoms with Gasteiger partial charge in [-0.25, -0.2) is 4.98 Å². The van der Waals surface area contributed by atoms with Crippen molar-refractivity contribution < 1.29 is 19.4 Å². The first-order valence-corrected chi connectivity index (χ1v) is 12.0. The summed E-state index contributed by atoms with van der Waals surface area (Å²) in [6.07, 6.45) is 0. The Morgan fingerprint density at radius 3 is 2.39 bits per heavy atom. The third-order valence-corrected chi connectivity index (χ3v) is 6.72. The van der Waals surface area contributed by atoms with Gasteiger partial charge in [-0.1, -0.05) is 40.2 Å². The second kappa shape index (κ2) is 9.16. The van der Waals surface area contributed by atoms with Gasteiger partial charge in [0.05, 0.1) is 29.8 Å². The molecule has 1 aromatic heterocycles. The average Bonchev–Trinajstić information content (AvgIpc) is 3.41. The van der Waals surface area contributed by atoms with Crippen molar-refractivity contribution >= 4 is 56.0 Å². The largest absolute Gasteiger partial charge is 0.507 e. The fraction of sp³-hybridized carbons (Fsp3) is 0.148. The molecule has 2 heterocycles. The lowest BCUT2D eigenvalue weighted by atomic mass is 9.95. The first kappa shape index (κ1) is 23.6. The summed E-state index contributed by atoms with van der Waals surface area (Å²) in [6.45, 7) is 0. The SMILES string of the molecule is COc1ccc2nc(N3C(=O)C(=O)/C(=C(/O)c4ccc(Br)cc4)C3c3ccc(N(C)C)cc3)[nH]c2c1. The number of benzene rings is 3. The van der Waals surface area contributed by atoms with Crippen LogP contribution in [0.4, 0.5) is 11.6 Å². The Bertz CT molecular complexity index is 1510. The minimum atomic E-state index is -0.882. The summed E-state index contributed by atoms with van der Waals surface area (Å²) in [5.41, 5.74) is 3.32. The lowest BCUT2D eigenvalue weighted by Crippen LogP contribution is -2.30. The highest BCUT2D eigenvalue weighted by atomic mass is 79.9. The molecule has 0 saturated carbocycles. The number of nitrogens with zero attached hydrogens (tertiary/aromatic N) is 3. The van der Waals surface area contributed by atoms with Crippen LogP contribution in [0.5, 0.6) is 5.75 Å². The van der Waals surface area contributed by atoms with Gasteiger partial charge in [0.15, 0.2) is 0 Å². The van der Waals surface area contributed by atoms with E-state index in [0.717, 1.165) is 10.2 Å². The van der Waals surface area contributed by atoms with Gasteiger partial charge < -0.3 is 19.7 Å². The monoisotopic (exact) mass is 546 g/mol. The molecular formula is C27H23BrN4O4. The lowest BCUT2D eigenvalue weighted by molar-refractivity contribution is -0.132. The summed E-state index contributed by atoms with van der Waals surface area (Å²) in [4.78, 5) is 37.7. The average molecular weight is 547 g/mol. The van der Waals surface area contributed by atoms with Crippen molar-refractivity contribution in [2.45, 2.75) is 6.04 Å². The van der Waals surface area contributed by atoms with Gasteiger partial charge >= 0.3 is 5.91 Å². The summed E-state index contributed by atoms with van der Waals surface area (Å²) < 4.78 is 6.12. The molecule has 0 spiro atoms. The molecule has 1 fully saturated rings. The van der Waals surface area contributed by atoms with E-state index in [2.05, 4.69) is 25.9 Å². The zero-order valence-electron chi connectivity index (χ0n) is 19.8. The van der Waals surface area contributed by atoms with Crippen LogP contribution in [0.3, 0.4) is 0 Å². The smallest absolute Gasteiger partial charge is 0.302 e. The highest BCUT2D eigenvalue weighted by Crippen LogP contribution is 2.42. The maximum absolute atomic E-state index is 13.4. The molecule has 4 aromatic rings. The Hall–Kier alpha value is -4.11. The van der Waals surface area contributed by atoms with E-state index in [1.165, 1.54) is 4.90 Å². The Balaban J connectivity index is 1.70. The summed E-state index contributed by atoms with van der Waals surface area (Å²) in [6, 6.07) is 18.8. The molecule has 5 rings (SSSR count). The number of carbonyl (C=O) groups excluding carboxylic acids is 2. The Morgan fingerprint density at radius 1 is 1.06 bits per heavy atom. The number of fused-ring (bicyclic) bond motifs is 1. The number of imidazole rings is 1. The molecule has 0 aliphatic carbocycles. The van der Waals surface area contributed by atoms with Crippen LogP contribution in [0.25, 0.3) is 16.8 Å². The molecule has 1 saturated heterocycles. The number of hydrogen-bond acceptors (Lipinski definition) is 6. The predicted molar refractivity (Wildman–Crippen MR) is 142 cm³/mol. The van der Waals surface area contributed by atoms with Crippen LogP contribution in [0, 0.1) is 0 Å². The van der Waals surface area contributed by atoms with Crippen molar-refractivity contribution in [1.82, 2.24) is 9.97 Å². The van der Waals surface area contributed by atoms with E-state index >= 15 is 0 Å². The molecule has 1 unspecified atom stereocenters. The van der Waals surface area contributed by atoms with E-state index in [-0.39, 0.29) is 17.3 Å². The zero-order chi connectivity index (χ0) is 25.6. The molecule has 3 aromatic carbocycles. The van der Waals surface area contributed by atoms with Crippen molar-refractivity contribution in [1.29, 1.82) is 0 Å². The van der Waals surface area contributed by atoms with E-state index in [1.54, 1.807) is 49.6 Å². The number of Topliss-reactive ketones (excluding diaryl/α,β-unsaturated/α-hetero) is 1. The van der Waals surface area contributed by atoms with Crippen molar-refractivity contribution in [2.75, 3.05) is 31.0 Å². The molecule has 1 amide bonds. The fourth-order valence-corrected chi connectivity index (χ4v) is 4.57. The number of aromatic amines is 1. The molecule has 1 atom stereocenters. The quantitative estimate of drug-likeness (QED) is 0.207. The van der Waals surface area contributed by atoms with Crippen LogP contribution >= 0.6 is 15.9 Å². The van der Waals surface area contributed by atoms with Crippen LogP contribution in [0.15, 0.2) is 76.8 Å². The number of halogens is 1. The van der Waals surface area contributed by atoms with Gasteiger partial charge in [0.1, 0.15) is 11.5 Å². The zero-order valence-corrected chi connectivity index (χ0v) is 21.4.